The number of halogens is 3. The summed E-state index contributed by atoms with van der Waals surface area (Å²) in [7, 11) is -3.76. The van der Waals surface area contributed by atoms with E-state index >= 15 is 0 Å². The molecule has 0 aromatic heterocycles. The van der Waals surface area contributed by atoms with Gasteiger partial charge in [0.1, 0.15) is 4.90 Å². The first-order chi connectivity index (χ1) is 8.73. The number of rotatable bonds is 4. The van der Waals surface area contributed by atoms with Crippen LogP contribution in [0.25, 0.3) is 0 Å². The summed E-state index contributed by atoms with van der Waals surface area (Å²) in [6.45, 7) is 0.193. The van der Waals surface area contributed by atoms with Gasteiger partial charge >= 0.3 is 0 Å². The first-order valence-corrected chi connectivity index (χ1v) is 8.70. The molecule has 2 rings (SSSR count). The van der Waals surface area contributed by atoms with Crippen LogP contribution >= 0.6 is 39.1 Å². The Kier molecular flexibility index (Phi) is 4.50. The number of sulfonamides is 1. The lowest BCUT2D eigenvalue weighted by Crippen LogP contribution is -2.54. The predicted octanol–water partition coefficient (Wildman–Crippen LogP) is 2.92. The molecule has 0 radical (unpaired) electrons. The summed E-state index contributed by atoms with van der Waals surface area (Å²) in [6.07, 6.45) is 2.66. The average Bonchev–Trinajstić information content (AvgIpc) is 2.22. The van der Waals surface area contributed by atoms with Crippen LogP contribution in [0.2, 0.25) is 10.0 Å². The van der Waals surface area contributed by atoms with Crippen molar-refractivity contribution in [2.45, 2.75) is 29.7 Å². The minimum Gasteiger partial charge on any atom is -0.324 e. The predicted molar refractivity (Wildman–Crippen MR) is 80.1 cm³/mol. The Morgan fingerprint density at radius 1 is 1.32 bits per heavy atom. The number of nitrogens with one attached hydrogen (secondary N) is 1. The molecule has 0 atom stereocenters. The fourth-order valence-electron chi connectivity index (χ4n) is 1.90. The molecule has 1 aliphatic rings. The molecule has 0 spiro atoms. The molecular weight excluding hydrogens is 375 g/mol. The Morgan fingerprint density at radius 3 is 2.26 bits per heavy atom. The Balaban J connectivity index is 2.24. The molecule has 0 amide bonds. The van der Waals surface area contributed by atoms with E-state index in [1.165, 1.54) is 12.1 Å². The topological polar surface area (TPSA) is 72.2 Å². The van der Waals surface area contributed by atoms with Gasteiger partial charge in [0.05, 0.1) is 10.0 Å². The van der Waals surface area contributed by atoms with E-state index in [1.807, 2.05) is 0 Å². The van der Waals surface area contributed by atoms with Gasteiger partial charge in [0, 0.05) is 16.6 Å². The van der Waals surface area contributed by atoms with Gasteiger partial charge in [0.15, 0.2) is 0 Å². The van der Waals surface area contributed by atoms with Crippen LogP contribution in [0.1, 0.15) is 19.3 Å². The smallest absolute Gasteiger partial charge is 0.243 e. The van der Waals surface area contributed by atoms with Crippen molar-refractivity contribution in [2.24, 2.45) is 5.73 Å². The molecule has 0 unspecified atom stereocenters. The van der Waals surface area contributed by atoms with E-state index in [-0.39, 0.29) is 21.5 Å². The highest BCUT2D eigenvalue weighted by atomic mass is 79.9. The van der Waals surface area contributed by atoms with Crippen LogP contribution in [0.4, 0.5) is 0 Å². The van der Waals surface area contributed by atoms with E-state index in [0.29, 0.717) is 4.47 Å². The van der Waals surface area contributed by atoms with Gasteiger partial charge in [-0.3, -0.25) is 0 Å². The van der Waals surface area contributed by atoms with Crippen molar-refractivity contribution < 1.29 is 8.42 Å². The van der Waals surface area contributed by atoms with Crippen LogP contribution in [-0.4, -0.2) is 20.5 Å². The maximum absolute atomic E-state index is 12.2. The molecule has 0 bridgehead atoms. The highest BCUT2D eigenvalue weighted by Crippen LogP contribution is 2.33. The van der Waals surface area contributed by atoms with Crippen molar-refractivity contribution in [1.82, 2.24) is 4.72 Å². The van der Waals surface area contributed by atoms with Crippen molar-refractivity contribution in [3.63, 3.8) is 0 Å². The van der Waals surface area contributed by atoms with Gasteiger partial charge in [0.2, 0.25) is 10.0 Å². The molecule has 106 valence electrons. The van der Waals surface area contributed by atoms with Gasteiger partial charge in [-0.05, 0) is 31.4 Å². The molecule has 1 saturated carbocycles. The SMILES string of the molecule is NC1(CNS(=O)(=O)c2c(Cl)cc(Br)cc2Cl)CCC1. The monoisotopic (exact) mass is 386 g/mol. The summed E-state index contributed by atoms with van der Waals surface area (Å²) < 4.78 is 27.5. The first-order valence-electron chi connectivity index (χ1n) is 5.67. The van der Waals surface area contributed by atoms with Gasteiger partial charge < -0.3 is 5.73 Å². The molecule has 4 nitrogen and oxygen atoms in total. The molecule has 1 aliphatic carbocycles. The summed E-state index contributed by atoms with van der Waals surface area (Å²) in [5.74, 6) is 0. The summed E-state index contributed by atoms with van der Waals surface area (Å²) >= 11 is 15.1. The van der Waals surface area contributed by atoms with Crippen LogP contribution in [0.3, 0.4) is 0 Å². The molecule has 0 heterocycles. The number of hydrogen-bond acceptors (Lipinski definition) is 3. The molecule has 0 aliphatic heterocycles. The van der Waals surface area contributed by atoms with Gasteiger partial charge in [-0.15, -0.1) is 0 Å². The molecule has 1 fully saturated rings. The highest BCUT2D eigenvalue weighted by Gasteiger charge is 2.34. The van der Waals surface area contributed by atoms with Crippen LogP contribution in [0, 0.1) is 0 Å². The van der Waals surface area contributed by atoms with Gasteiger partial charge in [-0.2, -0.15) is 0 Å². The number of nitrogens with two attached hydrogens (primary N) is 1. The van der Waals surface area contributed by atoms with E-state index in [0.717, 1.165) is 19.3 Å². The molecular formula is C11H13BrCl2N2O2S. The molecule has 0 saturated heterocycles. The van der Waals surface area contributed by atoms with E-state index < -0.39 is 15.6 Å². The molecule has 19 heavy (non-hydrogen) atoms. The van der Waals surface area contributed by atoms with Gasteiger partial charge in [-0.1, -0.05) is 39.1 Å². The molecule has 3 N–H and O–H groups in total. The Hall–Kier alpha value is 0.150. The maximum atomic E-state index is 12.2. The van der Waals surface area contributed by atoms with Crippen molar-refractivity contribution in [2.75, 3.05) is 6.54 Å². The molecule has 1 aromatic rings. The lowest BCUT2D eigenvalue weighted by molar-refractivity contribution is 0.251. The summed E-state index contributed by atoms with van der Waals surface area (Å²) in [6, 6.07) is 2.98. The standard InChI is InChI=1S/C11H13BrCl2N2O2S/c12-7-4-8(13)10(9(14)5-7)19(17,18)16-6-11(15)2-1-3-11/h4-5,16H,1-3,6,15H2. The van der Waals surface area contributed by atoms with Crippen LogP contribution in [0.5, 0.6) is 0 Å². The first kappa shape index (κ1) is 15.5. The van der Waals surface area contributed by atoms with E-state index in [4.69, 9.17) is 28.9 Å². The zero-order valence-corrected chi connectivity index (χ0v) is 13.8. The number of benzene rings is 1. The van der Waals surface area contributed by atoms with Crippen molar-refractivity contribution >= 4 is 49.2 Å². The Labute approximate surface area is 130 Å². The van der Waals surface area contributed by atoms with Crippen LogP contribution < -0.4 is 10.5 Å². The second-order valence-electron chi connectivity index (χ2n) is 4.74. The zero-order chi connectivity index (χ0) is 14.3. The fourth-order valence-corrected chi connectivity index (χ4v) is 4.98. The third kappa shape index (κ3) is 3.43. The maximum Gasteiger partial charge on any atom is 0.243 e. The second kappa shape index (κ2) is 5.50. The van der Waals surface area contributed by atoms with Gasteiger partial charge in [0.25, 0.3) is 0 Å². The zero-order valence-electron chi connectivity index (χ0n) is 9.92. The second-order valence-corrected chi connectivity index (χ2v) is 8.17. The summed E-state index contributed by atoms with van der Waals surface area (Å²) in [4.78, 5) is -0.109. The van der Waals surface area contributed by atoms with E-state index in [9.17, 15) is 8.42 Å². The summed E-state index contributed by atoms with van der Waals surface area (Å²) in [5, 5.41) is 0.151. The minimum absolute atomic E-state index is 0.0755. The van der Waals surface area contributed by atoms with Crippen molar-refractivity contribution in [1.29, 1.82) is 0 Å². The largest absolute Gasteiger partial charge is 0.324 e. The Morgan fingerprint density at radius 2 is 1.84 bits per heavy atom. The van der Waals surface area contributed by atoms with Crippen LogP contribution in [0.15, 0.2) is 21.5 Å². The quantitative estimate of drug-likeness (QED) is 0.834. The lowest BCUT2D eigenvalue weighted by atomic mass is 9.78. The van der Waals surface area contributed by atoms with Crippen LogP contribution in [-0.2, 0) is 10.0 Å². The van der Waals surface area contributed by atoms with Crippen molar-refractivity contribution in [3.8, 4) is 0 Å². The van der Waals surface area contributed by atoms with Crippen molar-refractivity contribution in [3.05, 3.63) is 26.7 Å². The summed E-state index contributed by atoms with van der Waals surface area (Å²) in [5.41, 5.74) is 5.54. The molecule has 1 aromatic carbocycles. The van der Waals surface area contributed by atoms with Gasteiger partial charge in [-0.25, -0.2) is 13.1 Å². The van der Waals surface area contributed by atoms with E-state index in [2.05, 4.69) is 20.7 Å². The third-order valence-electron chi connectivity index (χ3n) is 3.20. The average molecular weight is 388 g/mol. The minimum atomic E-state index is -3.76. The van der Waals surface area contributed by atoms with E-state index in [1.54, 1.807) is 0 Å². The third-order valence-corrected chi connectivity index (χ3v) is 5.98. The Bertz CT molecular complexity index is 580. The lowest BCUT2D eigenvalue weighted by Gasteiger charge is -2.38. The highest BCUT2D eigenvalue weighted by molar-refractivity contribution is 9.10. The molecule has 8 heteroatoms. The normalized spacial score (nSPS) is 18.1. The number of hydrogen-bond donors (Lipinski definition) is 2. The fraction of sp³-hybridized carbons (Fsp3) is 0.455.